The minimum atomic E-state index is 0.0547. The summed E-state index contributed by atoms with van der Waals surface area (Å²) < 4.78 is 0. The molecule has 2 aromatic carbocycles. The summed E-state index contributed by atoms with van der Waals surface area (Å²) in [6, 6.07) is 14.7. The van der Waals surface area contributed by atoms with Crippen LogP contribution in [0.4, 0.5) is 11.4 Å². The second kappa shape index (κ2) is 6.87. The number of hydrogen-bond donors (Lipinski definition) is 0. The Hall–Kier alpha value is -2.35. The third kappa shape index (κ3) is 3.53. The maximum Gasteiger partial charge on any atom is 0.0629 e. The van der Waals surface area contributed by atoms with E-state index in [-0.39, 0.29) is 5.54 Å². The highest BCUT2D eigenvalue weighted by atomic mass is 15.2. The molecule has 25 heavy (non-hydrogen) atoms. The number of allylic oxidation sites excluding steroid dienone is 1. The molecule has 0 unspecified atom stereocenters. The van der Waals surface area contributed by atoms with Crippen LogP contribution in [0.15, 0.2) is 53.5 Å². The number of para-hydroxylation sites is 1. The fourth-order valence-electron chi connectivity index (χ4n) is 3.67. The molecule has 0 fully saturated rings. The maximum absolute atomic E-state index is 4.64. The Labute approximate surface area is 151 Å². The van der Waals surface area contributed by atoms with Gasteiger partial charge in [0.15, 0.2) is 0 Å². The Balaban J connectivity index is 2.03. The van der Waals surface area contributed by atoms with Crippen molar-refractivity contribution in [1.29, 1.82) is 0 Å². The van der Waals surface area contributed by atoms with E-state index < -0.39 is 0 Å². The summed E-state index contributed by atoms with van der Waals surface area (Å²) in [6.45, 7) is 12.3. The van der Waals surface area contributed by atoms with Gasteiger partial charge in [-0.1, -0.05) is 31.2 Å². The van der Waals surface area contributed by atoms with Crippen LogP contribution in [0.3, 0.4) is 0 Å². The maximum atomic E-state index is 4.64. The third-order valence-corrected chi connectivity index (χ3v) is 4.92. The second-order valence-corrected chi connectivity index (χ2v) is 7.45. The predicted octanol–water partition coefficient (Wildman–Crippen LogP) is 6.16. The molecule has 0 atom stereocenters. The minimum Gasteiger partial charge on any atom is -0.362 e. The molecular formula is C23H28N2. The lowest BCUT2D eigenvalue weighted by molar-refractivity contribution is 0.550. The summed E-state index contributed by atoms with van der Waals surface area (Å²) in [5.74, 6) is 0. The first kappa shape index (κ1) is 17.5. The van der Waals surface area contributed by atoms with Crippen molar-refractivity contribution in [3.63, 3.8) is 0 Å². The van der Waals surface area contributed by atoms with E-state index in [0.717, 1.165) is 18.7 Å². The highest BCUT2D eigenvalue weighted by molar-refractivity contribution is 5.90. The molecule has 2 aromatic rings. The number of aryl methyl sites for hydroxylation is 1. The molecule has 0 saturated carbocycles. The van der Waals surface area contributed by atoms with Gasteiger partial charge >= 0.3 is 0 Å². The zero-order valence-electron chi connectivity index (χ0n) is 16.0. The summed E-state index contributed by atoms with van der Waals surface area (Å²) in [5.41, 5.74) is 7.52. The van der Waals surface area contributed by atoms with Gasteiger partial charge in [-0.2, -0.15) is 0 Å². The van der Waals surface area contributed by atoms with Gasteiger partial charge in [-0.25, -0.2) is 0 Å². The summed E-state index contributed by atoms with van der Waals surface area (Å²) in [7, 11) is 0. The zero-order valence-corrected chi connectivity index (χ0v) is 16.0. The Morgan fingerprint density at radius 2 is 1.80 bits per heavy atom. The van der Waals surface area contributed by atoms with Crippen molar-refractivity contribution in [3.05, 3.63) is 65.2 Å². The fourth-order valence-corrected chi connectivity index (χ4v) is 3.67. The van der Waals surface area contributed by atoms with Crippen LogP contribution in [-0.4, -0.2) is 18.3 Å². The number of hydrogen-bond acceptors (Lipinski definition) is 2. The average molecular weight is 332 g/mol. The van der Waals surface area contributed by atoms with Crippen LogP contribution in [0, 0.1) is 6.92 Å². The van der Waals surface area contributed by atoms with Gasteiger partial charge in [-0.3, -0.25) is 4.99 Å². The van der Waals surface area contributed by atoms with Crippen molar-refractivity contribution in [2.45, 2.75) is 46.6 Å². The minimum absolute atomic E-state index is 0.0547. The quantitative estimate of drug-likeness (QED) is 0.612. The van der Waals surface area contributed by atoms with Crippen molar-refractivity contribution in [3.8, 4) is 0 Å². The fraction of sp³-hybridized carbons (Fsp3) is 0.348. The molecule has 0 saturated heterocycles. The van der Waals surface area contributed by atoms with E-state index in [9.17, 15) is 0 Å². The van der Waals surface area contributed by atoms with Gasteiger partial charge in [0, 0.05) is 24.0 Å². The van der Waals surface area contributed by atoms with Gasteiger partial charge in [-0.05, 0) is 75.1 Å². The molecule has 3 rings (SSSR count). The number of benzene rings is 2. The van der Waals surface area contributed by atoms with E-state index in [2.05, 4.69) is 62.7 Å². The molecule has 0 aromatic heterocycles. The second-order valence-electron chi connectivity index (χ2n) is 7.45. The molecule has 0 N–H and O–H groups in total. The normalized spacial score (nSPS) is 16.0. The summed E-state index contributed by atoms with van der Waals surface area (Å²) in [4.78, 5) is 7.17. The van der Waals surface area contributed by atoms with Crippen molar-refractivity contribution in [2.24, 2.45) is 4.99 Å². The van der Waals surface area contributed by atoms with E-state index in [1.165, 1.54) is 28.0 Å². The van der Waals surface area contributed by atoms with Crippen LogP contribution in [0.1, 0.15) is 50.8 Å². The highest BCUT2D eigenvalue weighted by Crippen LogP contribution is 2.40. The number of rotatable bonds is 4. The number of nitrogens with zero attached hydrogens (tertiary/aromatic N) is 2. The van der Waals surface area contributed by atoms with Crippen molar-refractivity contribution in [1.82, 2.24) is 0 Å². The predicted molar refractivity (Wildman–Crippen MR) is 110 cm³/mol. The standard InChI is InChI=1S/C23H28N2/c1-6-12-25-22-13-17(2)19(16-24-20-10-8-7-9-11-20)14-21(22)18(3)15-23(25,4)5/h7-11,13-16H,6,12H2,1-5H3. The molecule has 1 aliphatic heterocycles. The largest absolute Gasteiger partial charge is 0.362 e. The van der Waals surface area contributed by atoms with E-state index in [1.807, 2.05) is 36.5 Å². The van der Waals surface area contributed by atoms with Crippen molar-refractivity contribution >= 4 is 23.2 Å². The van der Waals surface area contributed by atoms with Gasteiger partial charge in [0.25, 0.3) is 0 Å². The first-order chi connectivity index (χ1) is 11.9. The van der Waals surface area contributed by atoms with Crippen LogP contribution in [-0.2, 0) is 0 Å². The molecule has 1 aliphatic rings. The lowest BCUT2D eigenvalue weighted by atomic mass is 9.87. The Kier molecular flexibility index (Phi) is 4.80. The molecule has 130 valence electrons. The number of aliphatic imine (C=N–C) groups is 1. The molecule has 2 nitrogen and oxygen atoms in total. The van der Waals surface area contributed by atoms with Gasteiger partial charge in [-0.15, -0.1) is 0 Å². The Morgan fingerprint density at radius 1 is 1.08 bits per heavy atom. The van der Waals surface area contributed by atoms with Crippen molar-refractivity contribution in [2.75, 3.05) is 11.4 Å². The van der Waals surface area contributed by atoms with E-state index >= 15 is 0 Å². The lowest BCUT2D eigenvalue weighted by Crippen LogP contribution is -2.45. The molecule has 0 amide bonds. The summed E-state index contributed by atoms with van der Waals surface area (Å²) in [5, 5.41) is 0. The molecule has 1 heterocycles. The van der Waals surface area contributed by atoms with Gasteiger partial charge < -0.3 is 4.90 Å². The molecule has 0 aliphatic carbocycles. The molecule has 0 radical (unpaired) electrons. The number of anilines is 1. The van der Waals surface area contributed by atoms with Gasteiger partial charge in [0.1, 0.15) is 0 Å². The summed E-state index contributed by atoms with van der Waals surface area (Å²) in [6.07, 6.45) is 5.52. The Bertz CT molecular complexity index is 813. The Morgan fingerprint density at radius 3 is 2.48 bits per heavy atom. The van der Waals surface area contributed by atoms with Crippen LogP contribution >= 0.6 is 0 Å². The van der Waals surface area contributed by atoms with Gasteiger partial charge in [0.2, 0.25) is 0 Å². The van der Waals surface area contributed by atoms with Crippen LogP contribution in [0.2, 0.25) is 0 Å². The zero-order chi connectivity index (χ0) is 18.0. The smallest absolute Gasteiger partial charge is 0.0629 e. The monoisotopic (exact) mass is 332 g/mol. The highest BCUT2D eigenvalue weighted by Gasteiger charge is 2.30. The lowest BCUT2D eigenvalue weighted by Gasteiger charge is -2.43. The van der Waals surface area contributed by atoms with E-state index in [4.69, 9.17) is 0 Å². The molecule has 0 spiro atoms. The number of fused-ring (bicyclic) bond motifs is 1. The SMILES string of the molecule is CCCN1c2cc(C)c(C=Nc3ccccc3)cc2C(C)=CC1(C)C. The first-order valence-electron chi connectivity index (χ1n) is 9.13. The van der Waals surface area contributed by atoms with E-state index in [1.54, 1.807) is 0 Å². The molecule has 0 bridgehead atoms. The van der Waals surface area contributed by atoms with Crippen molar-refractivity contribution < 1.29 is 0 Å². The van der Waals surface area contributed by atoms with Crippen LogP contribution in [0.25, 0.3) is 5.57 Å². The average Bonchev–Trinajstić information content (AvgIpc) is 2.57. The van der Waals surface area contributed by atoms with Gasteiger partial charge in [0.05, 0.1) is 11.2 Å². The topological polar surface area (TPSA) is 15.6 Å². The van der Waals surface area contributed by atoms with Crippen LogP contribution in [0.5, 0.6) is 0 Å². The molecule has 2 heteroatoms. The van der Waals surface area contributed by atoms with E-state index in [0.29, 0.717) is 0 Å². The molecular weight excluding hydrogens is 304 g/mol. The third-order valence-electron chi connectivity index (χ3n) is 4.92. The van der Waals surface area contributed by atoms with Crippen LogP contribution < -0.4 is 4.90 Å². The first-order valence-corrected chi connectivity index (χ1v) is 9.13. The summed E-state index contributed by atoms with van der Waals surface area (Å²) >= 11 is 0.